The van der Waals surface area contributed by atoms with Crippen molar-refractivity contribution >= 4 is 7.60 Å². The molecular weight excluding hydrogens is 215 g/mol. The van der Waals surface area contributed by atoms with Crippen molar-refractivity contribution in [2.75, 3.05) is 7.11 Å². The summed E-state index contributed by atoms with van der Waals surface area (Å²) in [6, 6.07) is 2.08. The van der Waals surface area contributed by atoms with Crippen molar-refractivity contribution in [2.45, 2.75) is 39.6 Å². The molecule has 0 aliphatic carbocycles. The van der Waals surface area contributed by atoms with Gasteiger partial charge in [-0.3, -0.25) is 4.57 Å². The van der Waals surface area contributed by atoms with Crippen molar-refractivity contribution < 1.29 is 13.6 Å². The molecule has 0 fully saturated rings. The fourth-order valence-electron chi connectivity index (χ4n) is 0.748. The largest absolute Gasteiger partial charge is 0.346 e. The fraction of sp³-hybridized carbons (Fsp3) is 0.889. The molecule has 0 aliphatic rings. The molecule has 0 rings (SSSR count). The van der Waals surface area contributed by atoms with Crippen LogP contribution in [0.15, 0.2) is 0 Å². The molecule has 5 nitrogen and oxygen atoms in total. The van der Waals surface area contributed by atoms with Gasteiger partial charge in [-0.15, -0.1) is 0 Å². The SMILES string of the molecule is COP(=O)(O[C@@H](C)C(C)(C)C#N)C(C)N. The Labute approximate surface area is 91.1 Å². The van der Waals surface area contributed by atoms with Gasteiger partial charge in [0.15, 0.2) is 0 Å². The topological polar surface area (TPSA) is 85.3 Å². The van der Waals surface area contributed by atoms with Gasteiger partial charge in [-0.05, 0) is 27.7 Å². The summed E-state index contributed by atoms with van der Waals surface area (Å²) in [7, 11) is -2.02. The zero-order valence-corrected chi connectivity index (χ0v) is 10.7. The second-order valence-electron chi connectivity index (χ2n) is 4.04. The fourth-order valence-corrected chi connectivity index (χ4v) is 2.06. The number of nitrogens with two attached hydrogens (primary N) is 1. The highest BCUT2D eigenvalue weighted by atomic mass is 31.2. The van der Waals surface area contributed by atoms with E-state index in [0.29, 0.717) is 0 Å². The standard InChI is InChI=1S/C9H19N2O3P/c1-7(9(3,4)6-10)14-15(12,13-5)8(2)11/h7-8H,11H2,1-5H3/t7-,8?,15?/m0/s1. The van der Waals surface area contributed by atoms with E-state index in [1.54, 1.807) is 27.7 Å². The second kappa shape index (κ2) is 5.09. The van der Waals surface area contributed by atoms with E-state index in [1.165, 1.54) is 7.11 Å². The lowest BCUT2D eigenvalue weighted by Gasteiger charge is -2.29. The summed E-state index contributed by atoms with van der Waals surface area (Å²) in [5.74, 6) is -0.709. The predicted octanol–water partition coefficient (Wildman–Crippen LogP) is 2.09. The van der Waals surface area contributed by atoms with Crippen LogP contribution in [-0.4, -0.2) is 19.0 Å². The number of rotatable bonds is 5. The lowest BCUT2D eigenvalue weighted by Crippen LogP contribution is -2.30. The highest BCUT2D eigenvalue weighted by Gasteiger charge is 2.36. The maximum absolute atomic E-state index is 12.0. The lowest BCUT2D eigenvalue weighted by molar-refractivity contribution is 0.102. The third-order valence-corrected chi connectivity index (χ3v) is 4.48. The summed E-state index contributed by atoms with van der Waals surface area (Å²) in [5, 5.41) is 8.88. The molecule has 2 unspecified atom stereocenters. The summed E-state index contributed by atoms with van der Waals surface area (Å²) in [6.07, 6.45) is -0.515. The van der Waals surface area contributed by atoms with Gasteiger partial charge in [0.25, 0.3) is 0 Å². The molecule has 0 heterocycles. The predicted molar refractivity (Wildman–Crippen MR) is 58.2 cm³/mol. The van der Waals surface area contributed by atoms with Gasteiger partial charge in [0.1, 0.15) is 5.78 Å². The third-order valence-electron chi connectivity index (χ3n) is 2.36. The first kappa shape index (κ1) is 14.6. The van der Waals surface area contributed by atoms with Gasteiger partial charge in [-0.2, -0.15) is 5.26 Å². The molecule has 15 heavy (non-hydrogen) atoms. The molecule has 0 spiro atoms. The summed E-state index contributed by atoms with van der Waals surface area (Å²) >= 11 is 0. The van der Waals surface area contributed by atoms with Gasteiger partial charge in [-0.25, -0.2) is 0 Å². The van der Waals surface area contributed by atoms with Gasteiger partial charge in [-0.1, -0.05) is 0 Å². The van der Waals surface area contributed by atoms with Crippen molar-refractivity contribution in [2.24, 2.45) is 11.1 Å². The van der Waals surface area contributed by atoms with Crippen LogP contribution in [0.4, 0.5) is 0 Å². The van der Waals surface area contributed by atoms with Gasteiger partial charge >= 0.3 is 7.60 Å². The van der Waals surface area contributed by atoms with E-state index in [9.17, 15) is 4.57 Å². The van der Waals surface area contributed by atoms with E-state index in [2.05, 4.69) is 6.07 Å². The summed E-state index contributed by atoms with van der Waals surface area (Å²) in [6.45, 7) is 6.64. The van der Waals surface area contributed by atoms with E-state index in [1.807, 2.05) is 0 Å². The molecule has 0 aliphatic heterocycles. The molecule has 0 bridgehead atoms. The van der Waals surface area contributed by atoms with Crippen LogP contribution in [-0.2, 0) is 13.6 Å². The van der Waals surface area contributed by atoms with Crippen molar-refractivity contribution in [3.05, 3.63) is 0 Å². The normalized spacial score (nSPS) is 20.1. The average molecular weight is 234 g/mol. The van der Waals surface area contributed by atoms with E-state index in [0.717, 1.165) is 0 Å². The number of hydrogen-bond acceptors (Lipinski definition) is 5. The molecule has 0 aromatic heterocycles. The molecule has 0 amide bonds. The molecule has 0 saturated heterocycles. The first-order valence-electron chi connectivity index (χ1n) is 4.70. The Kier molecular flexibility index (Phi) is 4.95. The third kappa shape index (κ3) is 3.58. The number of hydrogen-bond donors (Lipinski definition) is 1. The molecule has 0 aromatic carbocycles. The Hall–Kier alpha value is -0.400. The molecule has 0 aromatic rings. The minimum Gasteiger partial charge on any atom is -0.318 e. The molecule has 0 radical (unpaired) electrons. The Morgan fingerprint density at radius 1 is 1.47 bits per heavy atom. The van der Waals surface area contributed by atoms with Gasteiger partial charge in [0, 0.05) is 7.11 Å². The zero-order valence-electron chi connectivity index (χ0n) is 9.85. The van der Waals surface area contributed by atoms with Crippen molar-refractivity contribution in [1.29, 1.82) is 5.26 Å². The van der Waals surface area contributed by atoms with E-state index >= 15 is 0 Å². The van der Waals surface area contributed by atoms with Crippen LogP contribution in [0.25, 0.3) is 0 Å². The van der Waals surface area contributed by atoms with Crippen molar-refractivity contribution in [3.8, 4) is 6.07 Å². The average Bonchev–Trinajstić information content (AvgIpc) is 2.17. The van der Waals surface area contributed by atoms with Crippen LogP contribution < -0.4 is 5.73 Å². The van der Waals surface area contributed by atoms with E-state index < -0.39 is 24.9 Å². The number of nitriles is 1. The van der Waals surface area contributed by atoms with Crippen molar-refractivity contribution in [3.63, 3.8) is 0 Å². The Morgan fingerprint density at radius 3 is 2.20 bits per heavy atom. The first-order chi connectivity index (χ1) is 6.69. The first-order valence-corrected chi connectivity index (χ1v) is 6.31. The highest BCUT2D eigenvalue weighted by Crippen LogP contribution is 2.52. The zero-order chi connectivity index (χ0) is 12.3. The molecule has 6 heteroatoms. The van der Waals surface area contributed by atoms with E-state index in [-0.39, 0.29) is 0 Å². The second-order valence-corrected chi connectivity index (χ2v) is 6.51. The van der Waals surface area contributed by atoms with Gasteiger partial charge in [0.2, 0.25) is 0 Å². The van der Waals surface area contributed by atoms with Crippen LogP contribution >= 0.6 is 7.60 Å². The van der Waals surface area contributed by atoms with E-state index in [4.69, 9.17) is 20.0 Å². The maximum atomic E-state index is 12.0. The smallest absolute Gasteiger partial charge is 0.318 e. The summed E-state index contributed by atoms with van der Waals surface area (Å²) in [5.41, 5.74) is 4.79. The highest BCUT2D eigenvalue weighted by molar-refractivity contribution is 7.54. The summed E-state index contributed by atoms with van der Waals surface area (Å²) in [4.78, 5) is 0. The Bertz CT molecular complexity index is 296. The molecule has 88 valence electrons. The maximum Gasteiger partial charge on any atom is 0.346 e. The Balaban J connectivity index is 4.74. The molecular formula is C9H19N2O3P. The lowest BCUT2D eigenvalue weighted by atomic mass is 9.90. The minimum absolute atomic E-state index is 0.515. The van der Waals surface area contributed by atoms with Crippen molar-refractivity contribution in [1.82, 2.24) is 0 Å². The molecule has 3 atom stereocenters. The van der Waals surface area contributed by atoms with Crippen LogP contribution in [0.5, 0.6) is 0 Å². The molecule has 2 N–H and O–H groups in total. The summed E-state index contributed by atoms with van der Waals surface area (Å²) < 4.78 is 22.1. The minimum atomic E-state index is -3.31. The van der Waals surface area contributed by atoms with Crippen LogP contribution in [0.3, 0.4) is 0 Å². The van der Waals surface area contributed by atoms with Crippen LogP contribution in [0, 0.1) is 16.7 Å². The number of nitrogens with zero attached hydrogens (tertiary/aromatic N) is 1. The Morgan fingerprint density at radius 2 is 1.93 bits per heavy atom. The van der Waals surface area contributed by atoms with Gasteiger partial charge in [0.05, 0.1) is 17.6 Å². The van der Waals surface area contributed by atoms with Gasteiger partial charge < -0.3 is 14.8 Å². The van der Waals surface area contributed by atoms with Crippen LogP contribution in [0.2, 0.25) is 0 Å². The quantitative estimate of drug-likeness (QED) is 0.736. The van der Waals surface area contributed by atoms with Crippen LogP contribution in [0.1, 0.15) is 27.7 Å². The monoisotopic (exact) mass is 234 g/mol. The molecule has 0 saturated carbocycles.